The van der Waals surface area contributed by atoms with Crippen molar-refractivity contribution in [2.75, 3.05) is 13.2 Å². The minimum atomic E-state index is -0.177. The van der Waals surface area contributed by atoms with Crippen molar-refractivity contribution in [2.24, 2.45) is 12.8 Å². The summed E-state index contributed by atoms with van der Waals surface area (Å²) in [5.74, 6) is 0. The van der Waals surface area contributed by atoms with E-state index in [1.807, 2.05) is 6.92 Å². The second-order valence-electron chi connectivity index (χ2n) is 4.02. The van der Waals surface area contributed by atoms with Crippen molar-refractivity contribution in [2.45, 2.75) is 19.6 Å². The first-order chi connectivity index (χ1) is 8.67. The molecular formula is C11H17N5O2. The normalized spacial score (nSPS) is 13.1. The van der Waals surface area contributed by atoms with E-state index in [9.17, 15) is 4.79 Å². The lowest BCUT2D eigenvalue weighted by molar-refractivity contribution is 0.0559. The van der Waals surface area contributed by atoms with E-state index in [-0.39, 0.29) is 11.7 Å². The van der Waals surface area contributed by atoms with Crippen LogP contribution in [0.3, 0.4) is 0 Å². The van der Waals surface area contributed by atoms with E-state index in [0.717, 1.165) is 0 Å². The molecule has 0 saturated heterocycles. The third-order valence-electron chi connectivity index (χ3n) is 2.78. The maximum absolute atomic E-state index is 12.2. The smallest absolute Gasteiger partial charge is 0.264 e. The molecule has 7 heteroatoms. The minimum absolute atomic E-state index is 0.119. The molecule has 2 rings (SSSR count). The molecular weight excluding hydrogens is 234 g/mol. The molecule has 1 atom stereocenters. The van der Waals surface area contributed by atoms with Gasteiger partial charge in [-0.05, 0) is 6.92 Å². The zero-order chi connectivity index (χ0) is 13.1. The summed E-state index contributed by atoms with van der Waals surface area (Å²) in [7, 11) is 1.75. The van der Waals surface area contributed by atoms with E-state index in [0.29, 0.717) is 30.7 Å². The van der Waals surface area contributed by atoms with Gasteiger partial charge in [0.25, 0.3) is 5.56 Å². The van der Waals surface area contributed by atoms with Crippen molar-refractivity contribution >= 4 is 11.0 Å². The second-order valence-corrected chi connectivity index (χ2v) is 4.02. The standard InChI is InChI=1S/C11H17N5O2/c1-3-18-8(4-12)6-16-7-13-10-9(11(16)17)5-14-15(10)2/h5,7-8H,3-4,6,12H2,1-2H3. The summed E-state index contributed by atoms with van der Waals surface area (Å²) >= 11 is 0. The van der Waals surface area contributed by atoms with Crippen LogP contribution in [0.5, 0.6) is 0 Å². The number of nitrogens with two attached hydrogens (primary N) is 1. The summed E-state index contributed by atoms with van der Waals surface area (Å²) in [6.07, 6.45) is 2.86. The molecule has 0 fully saturated rings. The zero-order valence-electron chi connectivity index (χ0n) is 10.5. The lowest BCUT2D eigenvalue weighted by atomic mass is 10.3. The van der Waals surface area contributed by atoms with E-state index in [2.05, 4.69) is 10.1 Å². The van der Waals surface area contributed by atoms with Gasteiger partial charge in [-0.2, -0.15) is 5.10 Å². The van der Waals surface area contributed by atoms with Crippen molar-refractivity contribution in [1.82, 2.24) is 19.3 Å². The molecule has 98 valence electrons. The fraction of sp³-hybridized carbons (Fsp3) is 0.545. The molecule has 0 saturated carbocycles. The molecule has 0 aromatic carbocycles. The van der Waals surface area contributed by atoms with Gasteiger partial charge in [0.05, 0.1) is 18.8 Å². The molecule has 0 aliphatic heterocycles. The van der Waals surface area contributed by atoms with Crippen molar-refractivity contribution in [1.29, 1.82) is 0 Å². The van der Waals surface area contributed by atoms with E-state index in [4.69, 9.17) is 10.5 Å². The Bertz CT molecular complexity index is 589. The number of hydrogen-bond acceptors (Lipinski definition) is 5. The van der Waals surface area contributed by atoms with Crippen LogP contribution in [-0.2, 0) is 18.3 Å². The highest BCUT2D eigenvalue weighted by molar-refractivity contribution is 5.72. The fourth-order valence-corrected chi connectivity index (χ4v) is 1.85. The first kappa shape index (κ1) is 12.7. The summed E-state index contributed by atoms with van der Waals surface area (Å²) in [6.45, 7) is 3.24. The lowest BCUT2D eigenvalue weighted by Crippen LogP contribution is -2.33. The highest BCUT2D eigenvalue weighted by Crippen LogP contribution is 2.04. The second kappa shape index (κ2) is 5.28. The summed E-state index contributed by atoms with van der Waals surface area (Å²) in [5, 5.41) is 4.52. The van der Waals surface area contributed by atoms with Gasteiger partial charge in [-0.3, -0.25) is 14.0 Å². The molecule has 7 nitrogen and oxygen atoms in total. The SMILES string of the molecule is CCOC(CN)Cn1cnc2c(cnn2C)c1=O. The van der Waals surface area contributed by atoms with Crippen LogP contribution in [0.25, 0.3) is 11.0 Å². The monoisotopic (exact) mass is 251 g/mol. The molecule has 2 N–H and O–H groups in total. The molecule has 0 amide bonds. The van der Waals surface area contributed by atoms with Crippen LogP contribution in [0.15, 0.2) is 17.3 Å². The van der Waals surface area contributed by atoms with Crippen LogP contribution in [-0.4, -0.2) is 38.6 Å². The molecule has 2 heterocycles. The minimum Gasteiger partial charge on any atom is -0.375 e. The van der Waals surface area contributed by atoms with Gasteiger partial charge in [0.1, 0.15) is 11.7 Å². The number of aromatic nitrogens is 4. The number of ether oxygens (including phenoxy) is 1. The molecule has 0 aliphatic carbocycles. The van der Waals surface area contributed by atoms with E-state index in [1.54, 1.807) is 11.7 Å². The van der Waals surface area contributed by atoms with E-state index in [1.165, 1.54) is 17.1 Å². The number of aryl methyl sites for hydroxylation is 1. The van der Waals surface area contributed by atoms with Gasteiger partial charge < -0.3 is 10.5 Å². The molecule has 18 heavy (non-hydrogen) atoms. The Morgan fingerprint density at radius 3 is 3.00 bits per heavy atom. The van der Waals surface area contributed by atoms with Crippen LogP contribution in [0.4, 0.5) is 0 Å². The quantitative estimate of drug-likeness (QED) is 0.773. The van der Waals surface area contributed by atoms with Crippen molar-refractivity contribution in [3.8, 4) is 0 Å². The van der Waals surface area contributed by atoms with Gasteiger partial charge in [0.2, 0.25) is 0 Å². The Kier molecular flexibility index (Phi) is 3.73. The predicted octanol–water partition coefficient (Wildman–Crippen LogP) is -0.506. The van der Waals surface area contributed by atoms with Crippen LogP contribution < -0.4 is 11.3 Å². The molecule has 2 aromatic heterocycles. The number of rotatable bonds is 5. The Labute approximate surface area is 104 Å². The Hall–Kier alpha value is -1.73. The molecule has 0 radical (unpaired) electrons. The predicted molar refractivity (Wildman–Crippen MR) is 67.2 cm³/mol. The summed E-state index contributed by atoms with van der Waals surface area (Å²) in [5.41, 5.74) is 6.06. The molecule has 1 unspecified atom stereocenters. The molecule has 0 aliphatic rings. The van der Waals surface area contributed by atoms with Crippen molar-refractivity contribution in [3.63, 3.8) is 0 Å². The average Bonchev–Trinajstić information content (AvgIpc) is 2.74. The highest BCUT2D eigenvalue weighted by Gasteiger charge is 2.12. The number of fused-ring (bicyclic) bond motifs is 1. The number of hydrogen-bond donors (Lipinski definition) is 1. The van der Waals surface area contributed by atoms with Crippen LogP contribution in [0.1, 0.15) is 6.92 Å². The largest absolute Gasteiger partial charge is 0.375 e. The summed E-state index contributed by atoms with van der Waals surface area (Å²) in [6, 6.07) is 0. The third kappa shape index (κ3) is 2.27. The Balaban J connectivity index is 2.34. The maximum Gasteiger partial charge on any atom is 0.264 e. The van der Waals surface area contributed by atoms with Crippen LogP contribution in [0.2, 0.25) is 0 Å². The first-order valence-corrected chi connectivity index (χ1v) is 5.86. The van der Waals surface area contributed by atoms with Crippen LogP contribution >= 0.6 is 0 Å². The van der Waals surface area contributed by atoms with Gasteiger partial charge in [0, 0.05) is 20.2 Å². The molecule has 2 aromatic rings. The van der Waals surface area contributed by atoms with Crippen LogP contribution in [0, 0.1) is 0 Å². The fourth-order valence-electron chi connectivity index (χ4n) is 1.85. The third-order valence-corrected chi connectivity index (χ3v) is 2.78. The average molecular weight is 251 g/mol. The lowest BCUT2D eigenvalue weighted by Gasteiger charge is -2.15. The van der Waals surface area contributed by atoms with Crippen molar-refractivity contribution in [3.05, 3.63) is 22.9 Å². The zero-order valence-corrected chi connectivity index (χ0v) is 10.5. The Morgan fingerprint density at radius 2 is 2.33 bits per heavy atom. The highest BCUT2D eigenvalue weighted by atomic mass is 16.5. The molecule has 0 spiro atoms. The maximum atomic E-state index is 12.2. The Morgan fingerprint density at radius 1 is 1.56 bits per heavy atom. The topological polar surface area (TPSA) is 88.0 Å². The van der Waals surface area contributed by atoms with Gasteiger partial charge in [-0.15, -0.1) is 0 Å². The van der Waals surface area contributed by atoms with Crippen molar-refractivity contribution < 1.29 is 4.74 Å². The van der Waals surface area contributed by atoms with Gasteiger partial charge >= 0.3 is 0 Å². The van der Waals surface area contributed by atoms with E-state index >= 15 is 0 Å². The first-order valence-electron chi connectivity index (χ1n) is 5.86. The summed E-state index contributed by atoms with van der Waals surface area (Å²) < 4.78 is 8.52. The number of nitrogens with zero attached hydrogens (tertiary/aromatic N) is 4. The van der Waals surface area contributed by atoms with Gasteiger partial charge in [0.15, 0.2) is 5.65 Å². The summed E-state index contributed by atoms with van der Waals surface area (Å²) in [4.78, 5) is 16.4. The van der Waals surface area contributed by atoms with E-state index < -0.39 is 0 Å². The van der Waals surface area contributed by atoms with Gasteiger partial charge in [-0.1, -0.05) is 0 Å². The molecule has 0 bridgehead atoms. The van der Waals surface area contributed by atoms with Gasteiger partial charge in [-0.25, -0.2) is 4.98 Å².